The molecule has 1 nitrogen and oxygen atoms in total. The number of aryl methyl sites for hydroxylation is 1. The standard InChI is InChI=1S/C13H13BrOS/c1-8-10(4-3-5-12(8)14)13(15)11-6-7-16-9(11)2/h3-7,13,15H,1-2H3. The summed E-state index contributed by atoms with van der Waals surface area (Å²) in [5, 5.41) is 12.4. The summed E-state index contributed by atoms with van der Waals surface area (Å²) >= 11 is 5.15. The third-order valence-electron chi connectivity index (χ3n) is 2.80. The maximum atomic E-state index is 10.4. The lowest BCUT2D eigenvalue weighted by molar-refractivity contribution is 0.219. The largest absolute Gasteiger partial charge is 0.384 e. The minimum absolute atomic E-state index is 0.524. The van der Waals surface area contributed by atoms with Crippen LogP contribution in [-0.4, -0.2) is 5.11 Å². The first kappa shape index (κ1) is 11.8. The molecule has 2 rings (SSSR count). The van der Waals surface area contributed by atoms with Gasteiger partial charge in [0.15, 0.2) is 0 Å². The number of halogens is 1. The lowest BCUT2D eigenvalue weighted by Crippen LogP contribution is -2.02. The molecule has 1 atom stereocenters. The molecule has 0 saturated heterocycles. The molecule has 0 radical (unpaired) electrons. The zero-order valence-electron chi connectivity index (χ0n) is 9.20. The van der Waals surface area contributed by atoms with Crippen molar-refractivity contribution in [3.63, 3.8) is 0 Å². The Morgan fingerprint density at radius 2 is 1.94 bits per heavy atom. The Labute approximate surface area is 108 Å². The fourth-order valence-electron chi connectivity index (χ4n) is 1.77. The molecule has 0 bridgehead atoms. The molecule has 2 aromatic rings. The van der Waals surface area contributed by atoms with Crippen molar-refractivity contribution in [2.45, 2.75) is 20.0 Å². The minimum Gasteiger partial charge on any atom is -0.384 e. The maximum Gasteiger partial charge on any atom is 0.105 e. The Kier molecular flexibility index (Phi) is 3.47. The monoisotopic (exact) mass is 296 g/mol. The van der Waals surface area contributed by atoms with Gasteiger partial charge in [0.05, 0.1) is 0 Å². The van der Waals surface area contributed by atoms with Gasteiger partial charge in [-0.2, -0.15) is 0 Å². The molecule has 0 amide bonds. The van der Waals surface area contributed by atoms with Crippen LogP contribution in [0, 0.1) is 13.8 Å². The summed E-state index contributed by atoms with van der Waals surface area (Å²) < 4.78 is 1.04. The van der Waals surface area contributed by atoms with Gasteiger partial charge in [-0.3, -0.25) is 0 Å². The summed E-state index contributed by atoms with van der Waals surface area (Å²) in [5.41, 5.74) is 3.07. The van der Waals surface area contributed by atoms with Crippen LogP contribution in [0.4, 0.5) is 0 Å². The number of thiophene rings is 1. The first-order chi connectivity index (χ1) is 7.61. The molecule has 1 unspecified atom stereocenters. The molecule has 0 spiro atoms. The fourth-order valence-corrected chi connectivity index (χ4v) is 2.88. The molecule has 0 aliphatic heterocycles. The molecule has 0 aliphatic carbocycles. The molecule has 1 aromatic carbocycles. The van der Waals surface area contributed by atoms with Crippen molar-refractivity contribution in [2.24, 2.45) is 0 Å². The van der Waals surface area contributed by atoms with Gasteiger partial charge in [-0.25, -0.2) is 0 Å². The lowest BCUT2D eigenvalue weighted by atomic mass is 9.98. The van der Waals surface area contributed by atoms with E-state index in [2.05, 4.69) is 15.9 Å². The summed E-state index contributed by atoms with van der Waals surface area (Å²) in [6, 6.07) is 7.91. The van der Waals surface area contributed by atoms with Crippen LogP contribution < -0.4 is 0 Å². The number of hydrogen-bond acceptors (Lipinski definition) is 2. The van der Waals surface area contributed by atoms with E-state index in [9.17, 15) is 5.11 Å². The van der Waals surface area contributed by atoms with E-state index in [1.165, 1.54) is 4.88 Å². The van der Waals surface area contributed by atoms with Crippen LogP contribution >= 0.6 is 27.3 Å². The molecule has 3 heteroatoms. The van der Waals surface area contributed by atoms with Gasteiger partial charge < -0.3 is 5.11 Å². The van der Waals surface area contributed by atoms with E-state index in [0.29, 0.717) is 0 Å². The predicted molar refractivity (Wildman–Crippen MR) is 72.0 cm³/mol. The van der Waals surface area contributed by atoms with Crippen LogP contribution in [0.2, 0.25) is 0 Å². The Morgan fingerprint density at radius 3 is 2.56 bits per heavy atom. The molecule has 1 N–H and O–H groups in total. The molecule has 1 heterocycles. The van der Waals surface area contributed by atoms with Crippen molar-refractivity contribution in [1.82, 2.24) is 0 Å². The Balaban J connectivity index is 2.46. The number of aliphatic hydroxyl groups is 1. The predicted octanol–water partition coefficient (Wildman–Crippen LogP) is 4.21. The zero-order valence-corrected chi connectivity index (χ0v) is 11.6. The van der Waals surface area contributed by atoms with E-state index in [1.807, 2.05) is 43.5 Å². The van der Waals surface area contributed by atoms with Gasteiger partial charge in [-0.15, -0.1) is 11.3 Å². The maximum absolute atomic E-state index is 10.4. The second kappa shape index (κ2) is 4.70. The minimum atomic E-state index is -0.524. The lowest BCUT2D eigenvalue weighted by Gasteiger charge is -2.14. The van der Waals surface area contributed by atoms with E-state index >= 15 is 0 Å². The van der Waals surface area contributed by atoms with Crippen LogP contribution in [0.5, 0.6) is 0 Å². The Hall–Kier alpha value is -0.640. The van der Waals surface area contributed by atoms with Crippen molar-refractivity contribution < 1.29 is 5.11 Å². The number of benzene rings is 1. The highest BCUT2D eigenvalue weighted by atomic mass is 79.9. The van der Waals surface area contributed by atoms with Crippen LogP contribution in [0.3, 0.4) is 0 Å². The second-order valence-electron chi connectivity index (χ2n) is 3.79. The van der Waals surface area contributed by atoms with E-state index in [4.69, 9.17) is 0 Å². The van der Waals surface area contributed by atoms with Crippen molar-refractivity contribution in [1.29, 1.82) is 0 Å². The van der Waals surface area contributed by atoms with E-state index in [-0.39, 0.29) is 0 Å². The highest BCUT2D eigenvalue weighted by molar-refractivity contribution is 9.10. The quantitative estimate of drug-likeness (QED) is 0.880. The van der Waals surface area contributed by atoms with Crippen LogP contribution in [0.15, 0.2) is 34.1 Å². The average Bonchev–Trinajstić information content (AvgIpc) is 2.68. The molecular formula is C13H13BrOS. The average molecular weight is 297 g/mol. The topological polar surface area (TPSA) is 20.2 Å². The van der Waals surface area contributed by atoms with Crippen molar-refractivity contribution in [2.75, 3.05) is 0 Å². The molecule has 0 aliphatic rings. The number of aliphatic hydroxyl groups excluding tert-OH is 1. The van der Waals surface area contributed by atoms with Gasteiger partial charge in [0.2, 0.25) is 0 Å². The molecule has 16 heavy (non-hydrogen) atoms. The summed E-state index contributed by atoms with van der Waals surface area (Å²) in [6.45, 7) is 4.06. The van der Waals surface area contributed by atoms with Gasteiger partial charge in [0.25, 0.3) is 0 Å². The van der Waals surface area contributed by atoms with Gasteiger partial charge in [0, 0.05) is 9.35 Å². The molecule has 0 saturated carbocycles. The van der Waals surface area contributed by atoms with E-state index in [0.717, 1.165) is 21.2 Å². The molecule has 1 aromatic heterocycles. The summed E-state index contributed by atoms with van der Waals surface area (Å²) in [4.78, 5) is 1.17. The van der Waals surface area contributed by atoms with Gasteiger partial charge in [-0.1, -0.05) is 28.1 Å². The van der Waals surface area contributed by atoms with Crippen molar-refractivity contribution in [3.05, 3.63) is 55.7 Å². The van der Waals surface area contributed by atoms with Gasteiger partial charge in [0.1, 0.15) is 6.10 Å². The summed E-state index contributed by atoms with van der Waals surface area (Å²) in [7, 11) is 0. The molecule has 0 fully saturated rings. The van der Waals surface area contributed by atoms with Crippen molar-refractivity contribution in [3.8, 4) is 0 Å². The number of hydrogen-bond donors (Lipinski definition) is 1. The van der Waals surface area contributed by atoms with Crippen LogP contribution in [-0.2, 0) is 0 Å². The first-order valence-electron chi connectivity index (χ1n) is 5.08. The Morgan fingerprint density at radius 1 is 1.19 bits per heavy atom. The number of rotatable bonds is 2. The highest BCUT2D eigenvalue weighted by Gasteiger charge is 2.16. The van der Waals surface area contributed by atoms with Crippen LogP contribution in [0.25, 0.3) is 0 Å². The zero-order chi connectivity index (χ0) is 11.7. The Bertz CT molecular complexity index is 504. The van der Waals surface area contributed by atoms with E-state index in [1.54, 1.807) is 11.3 Å². The second-order valence-corrected chi connectivity index (χ2v) is 5.76. The van der Waals surface area contributed by atoms with Crippen molar-refractivity contribution >= 4 is 27.3 Å². The first-order valence-corrected chi connectivity index (χ1v) is 6.75. The highest BCUT2D eigenvalue weighted by Crippen LogP contribution is 2.32. The van der Waals surface area contributed by atoms with E-state index < -0.39 is 6.10 Å². The smallest absolute Gasteiger partial charge is 0.105 e. The third-order valence-corrected chi connectivity index (χ3v) is 4.52. The molecular weight excluding hydrogens is 284 g/mol. The fraction of sp³-hybridized carbons (Fsp3) is 0.231. The molecule has 84 valence electrons. The SMILES string of the molecule is Cc1sccc1C(O)c1cccc(Br)c1C. The normalized spacial score (nSPS) is 12.8. The van der Waals surface area contributed by atoms with Crippen LogP contribution in [0.1, 0.15) is 27.7 Å². The van der Waals surface area contributed by atoms with Gasteiger partial charge in [-0.05, 0) is 48.1 Å². The summed E-state index contributed by atoms with van der Waals surface area (Å²) in [5.74, 6) is 0. The third kappa shape index (κ3) is 2.08. The van der Waals surface area contributed by atoms with Gasteiger partial charge >= 0.3 is 0 Å². The summed E-state index contributed by atoms with van der Waals surface area (Å²) in [6.07, 6.45) is -0.524.